The molecule has 2 aromatic rings. The van der Waals surface area contributed by atoms with Gasteiger partial charge in [-0.3, -0.25) is 4.79 Å². The number of fused-ring (bicyclic) bond motifs is 1. The van der Waals surface area contributed by atoms with Crippen molar-refractivity contribution in [3.05, 3.63) is 53.6 Å². The van der Waals surface area contributed by atoms with E-state index in [1.807, 2.05) is 12.1 Å². The van der Waals surface area contributed by atoms with Crippen LogP contribution in [0.15, 0.2) is 36.8 Å². The van der Waals surface area contributed by atoms with E-state index >= 15 is 0 Å². The van der Waals surface area contributed by atoms with Crippen LogP contribution in [-0.2, 0) is 23.1 Å². The molecule has 0 atom stereocenters. The van der Waals surface area contributed by atoms with Gasteiger partial charge < -0.3 is 4.98 Å². The van der Waals surface area contributed by atoms with Crippen LogP contribution in [0.1, 0.15) is 23.7 Å². The second kappa shape index (κ2) is 3.55. The Labute approximate surface area is 99.9 Å². The average Bonchev–Trinajstić information content (AvgIpc) is 2.96. The van der Waals surface area contributed by atoms with Gasteiger partial charge in [0.05, 0.1) is 11.7 Å². The number of ketones is 1. The standard InChI is InChI=1S/C14H14N2O/c1-10(17)14(13-8-15-9-16-13)6-11-4-2-3-5-12(11)7-14/h2-5,8-9H,6-7H2,1H3,(H,15,16). The van der Waals surface area contributed by atoms with Crippen molar-refractivity contribution in [1.82, 2.24) is 9.97 Å². The van der Waals surface area contributed by atoms with E-state index in [1.165, 1.54) is 11.1 Å². The number of Topliss-reactive ketones (excluding diaryl/α,β-unsaturated/α-hetero) is 1. The van der Waals surface area contributed by atoms with Gasteiger partial charge in [0.1, 0.15) is 5.78 Å². The van der Waals surface area contributed by atoms with Crippen molar-refractivity contribution < 1.29 is 4.79 Å². The van der Waals surface area contributed by atoms with E-state index in [-0.39, 0.29) is 5.78 Å². The number of hydrogen-bond acceptors (Lipinski definition) is 2. The Kier molecular flexibility index (Phi) is 2.15. The van der Waals surface area contributed by atoms with Crippen LogP contribution in [0.5, 0.6) is 0 Å². The molecule has 3 rings (SSSR count). The Morgan fingerprint density at radius 2 is 1.94 bits per heavy atom. The van der Waals surface area contributed by atoms with Gasteiger partial charge in [-0.15, -0.1) is 0 Å². The molecule has 0 saturated heterocycles. The minimum absolute atomic E-state index is 0.206. The highest BCUT2D eigenvalue weighted by molar-refractivity contribution is 5.89. The van der Waals surface area contributed by atoms with E-state index in [9.17, 15) is 4.79 Å². The lowest BCUT2D eigenvalue weighted by Gasteiger charge is -2.24. The quantitative estimate of drug-likeness (QED) is 0.851. The van der Waals surface area contributed by atoms with E-state index in [0.717, 1.165) is 18.5 Å². The van der Waals surface area contributed by atoms with Crippen LogP contribution >= 0.6 is 0 Å². The highest BCUT2D eigenvalue weighted by Gasteiger charge is 2.43. The Hall–Kier alpha value is -1.90. The first kappa shape index (κ1) is 10.3. The largest absolute Gasteiger partial charge is 0.348 e. The van der Waals surface area contributed by atoms with Crippen LogP contribution in [0.25, 0.3) is 0 Å². The maximum Gasteiger partial charge on any atom is 0.142 e. The lowest BCUT2D eigenvalue weighted by molar-refractivity contribution is -0.122. The lowest BCUT2D eigenvalue weighted by Crippen LogP contribution is -2.35. The molecular formula is C14H14N2O. The molecule has 0 saturated carbocycles. The fourth-order valence-corrected chi connectivity index (χ4v) is 2.76. The molecule has 0 amide bonds. The average molecular weight is 226 g/mol. The molecule has 1 aromatic heterocycles. The summed E-state index contributed by atoms with van der Waals surface area (Å²) in [4.78, 5) is 19.2. The molecule has 0 bridgehead atoms. The number of carbonyl (C=O) groups excluding carboxylic acids is 1. The van der Waals surface area contributed by atoms with Crippen molar-refractivity contribution in [3.63, 3.8) is 0 Å². The van der Waals surface area contributed by atoms with E-state index < -0.39 is 5.41 Å². The van der Waals surface area contributed by atoms with Crippen molar-refractivity contribution in [2.45, 2.75) is 25.2 Å². The van der Waals surface area contributed by atoms with E-state index in [2.05, 4.69) is 22.1 Å². The summed E-state index contributed by atoms with van der Waals surface area (Å²) in [5, 5.41) is 0. The Bertz CT molecular complexity index is 532. The van der Waals surface area contributed by atoms with Gasteiger partial charge in [-0.2, -0.15) is 0 Å². The number of carbonyl (C=O) groups is 1. The van der Waals surface area contributed by atoms with Crippen molar-refractivity contribution in [2.24, 2.45) is 0 Å². The van der Waals surface area contributed by atoms with Crippen LogP contribution in [-0.4, -0.2) is 15.8 Å². The van der Waals surface area contributed by atoms with E-state index in [0.29, 0.717) is 0 Å². The Morgan fingerprint density at radius 1 is 1.29 bits per heavy atom. The van der Waals surface area contributed by atoms with Gasteiger partial charge in [-0.05, 0) is 30.9 Å². The summed E-state index contributed by atoms with van der Waals surface area (Å²) < 4.78 is 0. The summed E-state index contributed by atoms with van der Waals surface area (Å²) in [7, 11) is 0. The summed E-state index contributed by atoms with van der Waals surface area (Å²) in [6, 6.07) is 8.27. The zero-order chi connectivity index (χ0) is 11.9. The van der Waals surface area contributed by atoms with Crippen molar-refractivity contribution in [3.8, 4) is 0 Å². The lowest BCUT2D eigenvalue weighted by atomic mass is 9.78. The van der Waals surface area contributed by atoms with Crippen LogP contribution in [0.3, 0.4) is 0 Å². The first-order valence-electron chi connectivity index (χ1n) is 5.79. The molecular weight excluding hydrogens is 212 g/mol. The normalized spacial score (nSPS) is 16.8. The molecule has 3 heteroatoms. The Balaban J connectivity index is 2.10. The number of aromatic amines is 1. The number of H-pyrrole nitrogens is 1. The monoisotopic (exact) mass is 226 g/mol. The SMILES string of the molecule is CC(=O)C1(c2cnc[nH]2)Cc2ccccc2C1. The molecule has 17 heavy (non-hydrogen) atoms. The summed E-state index contributed by atoms with van der Waals surface area (Å²) >= 11 is 0. The van der Waals surface area contributed by atoms with Gasteiger partial charge in [0, 0.05) is 11.9 Å². The molecule has 1 aliphatic carbocycles. The third-order valence-electron chi connectivity index (χ3n) is 3.79. The molecule has 0 radical (unpaired) electrons. The topological polar surface area (TPSA) is 45.8 Å². The van der Waals surface area contributed by atoms with E-state index in [1.54, 1.807) is 19.4 Å². The highest BCUT2D eigenvalue weighted by Crippen LogP contribution is 2.39. The van der Waals surface area contributed by atoms with Crippen LogP contribution in [0.4, 0.5) is 0 Å². The minimum atomic E-state index is -0.430. The van der Waals surface area contributed by atoms with Crippen molar-refractivity contribution in [2.75, 3.05) is 0 Å². The minimum Gasteiger partial charge on any atom is -0.348 e. The number of hydrogen-bond donors (Lipinski definition) is 1. The van der Waals surface area contributed by atoms with Gasteiger partial charge >= 0.3 is 0 Å². The number of aromatic nitrogens is 2. The number of benzene rings is 1. The van der Waals surface area contributed by atoms with Crippen molar-refractivity contribution in [1.29, 1.82) is 0 Å². The zero-order valence-corrected chi connectivity index (χ0v) is 9.73. The molecule has 3 nitrogen and oxygen atoms in total. The summed E-state index contributed by atoms with van der Waals surface area (Å²) in [6.07, 6.45) is 4.97. The smallest absolute Gasteiger partial charge is 0.142 e. The molecule has 1 aromatic carbocycles. The summed E-state index contributed by atoms with van der Waals surface area (Å²) in [6.45, 7) is 1.67. The molecule has 1 N–H and O–H groups in total. The number of rotatable bonds is 2. The predicted octanol–water partition coefficient (Wildman–Crippen LogP) is 2.04. The summed E-state index contributed by atoms with van der Waals surface area (Å²) in [5.74, 6) is 0.206. The van der Waals surface area contributed by atoms with E-state index in [4.69, 9.17) is 0 Å². The Morgan fingerprint density at radius 3 is 2.41 bits per heavy atom. The predicted molar refractivity (Wildman–Crippen MR) is 64.8 cm³/mol. The fraction of sp³-hybridized carbons (Fsp3) is 0.286. The van der Waals surface area contributed by atoms with Gasteiger partial charge in [0.2, 0.25) is 0 Å². The van der Waals surface area contributed by atoms with Gasteiger partial charge in [-0.25, -0.2) is 4.98 Å². The first-order valence-corrected chi connectivity index (χ1v) is 5.79. The molecule has 0 aliphatic heterocycles. The molecule has 1 heterocycles. The number of nitrogens with zero attached hydrogens (tertiary/aromatic N) is 1. The van der Waals surface area contributed by atoms with Gasteiger partial charge in [0.25, 0.3) is 0 Å². The third-order valence-corrected chi connectivity index (χ3v) is 3.79. The maximum absolute atomic E-state index is 12.1. The molecule has 86 valence electrons. The molecule has 0 spiro atoms. The zero-order valence-electron chi connectivity index (χ0n) is 9.73. The van der Waals surface area contributed by atoms with Crippen LogP contribution < -0.4 is 0 Å². The number of imidazole rings is 1. The molecule has 0 fully saturated rings. The fourth-order valence-electron chi connectivity index (χ4n) is 2.76. The van der Waals surface area contributed by atoms with Crippen LogP contribution in [0.2, 0.25) is 0 Å². The third kappa shape index (κ3) is 1.42. The second-order valence-electron chi connectivity index (χ2n) is 4.73. The van der Waals surface area contributed by atoms with Gasteiger partial charge in [0.15, 0.2) is 0 Å². The first-order chi connectivity index (χ1) is 8.22. The second-order valence-corrected chi connectivity index (χ2v) is 4.73. The summed E-state index contributed by atoms with van der Waals surface area (Å²) in [5.41, 5.74) is 3.05. The van der Waals surface area contributed by atoms with Gasteiger partial charge in [-0.1, -0.05) is 24.3 Å². The highest BCUT2D eigenvalue weighted by atomic mass is 16.1. The maximum atomic E-state index is 12.1. The molecule has 1 aliphatic rings. The molecule has 0 unspecified atom stereocenters. The van der Waals surface area contributed by atoms with Crippen LogP contribution in [0, 0.1) is 0 Å². The van der Waals surface area contributed by atoms with Crippen molar-refractivity contribution >= 4 is 5.78 Å². The number of nitrogens with one attached hydrogen (secondary N) is 1.